The van der Waals surface area contributed by atoms with Gasteiger partial charge in [-0.05, 0) is 49.3 Å². The SMILES string of the molecule is O=C(O)C=C1CCCCC1Cc1cccc(Cl)c1. The number of halogens is 1. The summed E-state index contributed by atoms with van der Waals surface area (Å²) in [5.74, 6) is -0.476. The Morgan fingerprint density at radius 2 is 2.28 bits per heavy atom. The minimum atomic E-state index is -0.831. The van der Waals surface area contributed by atoms with Gasteiger partial charge in [0, 0.05) is 11.1 Å². The van der Waals surface area contributed by atoms with E-state index in [2.05, 4.69) is 6.07 Å². The van der Waals surface area contributed by atoms with Crippen LogP contribution in [0.5, 0.6) is 0 Å². The van der Waals surface area contributed by atoms with Crippen molar-refractivity contribution in [1.29, 1.82) is 0 Å². The number of aliphatic carboxylic acids is 1. The van der Waals surface area contributed by atoms with Gasteiger partial charge in [0.25, 0.3) is 0 Å². The standard InChI is InChI=1S/C15H17ClO2/c16-14-7-3-4-11(9-14)8-12-5-1-2-6-13(12)10-15(17)18/h3-4,7,9-10,12H,1-2,5-6,8H2,(H,17,18). The molecule has 0 saturated heterocycles. The van der Waals surface area contributed by atoms with E-state index in [0.717, 1.165) is 36.3 Å². The molecule has 0 aliphatic heterocycles. The Hall–Kier alpha value is -1.28. The van der Waals surface area contributed by atoms with Crippen molar-refractivity contribution in [3.63, 3.8) is 0 Å². The first-order valence-corrected chi connectivity index (χ1v) is 6.71. The van der Waals surface area contributed by atoms with Crippen LogP contribution in [0.2, 0.25) is 5.02 Å². The van der Waals surface area contributed by atoms with Gasteiger partial charge in [-0.2, -0.15) is 0 Å². The third-order valence-electron chi connectivity index (χ3n) is 3.47. The summed E-state index contributed by atoms with van der Waals surface area (Å²) in [5, 5.41) is 9.64. The molecule has 1 aromatic carbocycles. The summed E-state index contributed by atoms with van der Waals surface area (Å²) < 4.78 is 0. The lowest BCUT2D eigenvalue weighted by atomic mass is 9.80. The maximum absolute atomic E-state index is 10.8. The molecular weight excluding hydrogens is 248 g/mol. The molecule has 18 heavy (non-hydrogen) atoms. The molecule has 3 heteroatoms. The van der Waals surface area contributed by atoms with Crippen LogP contribution in [-0.4, -0.2) is 11.1 Å². The molecule has 1 fully saturated rings. The van der Waals surface area contributed by atoms with Crippen LogP contribution in [0.25, 0.3) is 0 Å². The minimum Gasteiger partial charge on any atom is -0.478 e. The first-order chi connectivity index (χ1) is 8.65. The molecular formula is C15H17ClO2. The normalized spacial score (nSPS) is 22.1. The fourth-order valence-electron chi connectivity index (χ4n) is 2.64. The van der Waals surface area contributed by atoms with Gasteiger partial charge in [0.2, 0.25) is 0 Å². The number of hydrogen-bond acceptors (Lipinski definition) is 1. The lowest BCUT2D eigenvalue weighted by Crippen LogP contribution is -2.14. The van der Waals surface area contributed by atoms with Crippen LogP contribution in [0.3, 0.4) is 0 Å². The molecule has 0 heterocycles. The van der Waals surface area contributed by atoms with Gasteiger partial charge in [-0.1, -0.05) is 35.7 Å². The first-order valence-electron chi connectivity index (χ1n) is 6.33. The second-order valence-corrected chi connectivity index (χ2v) is 5.27. The average molecular weight is 265 g/mol. The summed E-state index contributed by atoms with van der Waals surface area (Å²) in [6.07, 6.45) is 6.56. The lowest BCUT2D eigenvalue weighted by Gasteiger charge is -2.25. The Bertz CT molecular complexity index is 465. The lowest BCUT2D eigenvalue weighted by molar-refractivity contribution is -0.131. The van der Waals surface area contributed by atoms with Gasteiger partial charge >= 0.3 is 5.97 Å². The Morgan fingerprint density at radius 1 is 1.44 bits per heavy atom. The van der Waals surface area contributed by atoms with Crippen LogP contribution < -0.4 is 0 Å². The topological polar surface area (TPSA) is 37.3 Å². The van der Waals surface area contributed by atoms with Gasteiger partial charge in [0.15, 0.2) is 0 Å². The predicted molar refractivity (Wildman–Crippen MR) is 72.8 cm³/mol. The van der Waals surface area contributed by atoms with Crippen LogP contribution in [-0.2, 0) is 11.2 Å². The molecule has 1 aliphatic rings. The number of hydrogen-bond donors (Lipinski definition) is 1. The van der Waals surface area contributed by atoms with E-state index in [9.17, 15) is 4.79 Å². The van der Waals surface area contributed by atoms with Gasteiger partial charge in [0.1, 0.15) is 0 Å². The van der Waals surface area contributed by atoms with Crippen LogP contribution in [0.1, 0.15) is 31.2 Å². The summed E-state index contributed by atoms with van der Waals surface area (Å²) in [4.78, 5) is 10.8. The summed E-state index contributed by atoms with van der Waals surface area (Å²) in [6, 6.07) is 7.83. The van der Waals surface area contributed by atoms with Crippen molar-refractivity contribution in [2.45, 2.75) is 32.1 Å². The smallest absolute Gasteiger partial charge is 0.328 e. The number of allylic oxidation sites excluding steroid dienone is 1. The zero-order valence-electron chi connectivity index (χ0n) is 10.2. The Labute approximate surface area is 112 Å². The average Bonchev–Trinajstić information content (AvgIpc) is 2.31. The molecule has 96 valence electrons. The fraction of sp³-hybridized carbons (Fsp3) is 0.400. The molecule has 1 unspecified atom stereocenters. The van der Waals surface area contributed by atoms with Gasteiger partial charge in [0.05, 0.1) is 0 Å². The minimum absolute atomic E-state index is 0.355. The largest absolute Gasteiger partial charge is 0.478 e. The molecule has 1 N–H and O–H groups in total. The molecule has 2 rings (SSSR count). The van der Waals surface area contributed by atoms with Crippen molar-refractivity contribution >= 4 is 17.6 Å². The second kappa shape index (κ2) is 6.05. The van der Waals surface area contributed by atoms with Crippen LogP contribution in [0.4, 0.5) is 0 Å². The highest BCUT2D eigenvalue weighted by atomic mass is 35.5. The number of rotatable bonds is 3. The summed E-state index contributed by atoms with van der Waals surface area (Å²) >= 11 is 5.97. The van der Waals surface area contributed by atoms with E-state index in [1.165, 1.54) is 18.1 Å². The molecule has 0 radical (unpaired) electrons. The number of carbonyl (C=O) groups is 1. The quantitative estimate of drug-likeness (QED) is 0.835. The monoisotopic (exact) mass is 264 g/mol. The number of carboxylic acids is 1. The van der Waals surface area contributed by atoms with Crippen molar-refractivity contribution in [1.82, 2.24) is 0 Å². The second-order valence-electron chi connectivity index (χ2n) is 4.83. The van der Waals surface area contributed by atoms with Crippen molar-refractivity contribution in [2.75, 3.05) is 0 Å². The third-order valence-corrected chi connectivity index (χ3v) is 3.71. The van der Waals surface area contributed by atoms with E-state index >= 15 is 0 Å². The fourth-order valence-corrected chi connectivity index (χ4v) is 2.85. The van der Waals surface area contributed by atoms with Crippen molar-refractivity contribution in [3.8, 4) is 0 Å². The van der Waals surface area contributed by atoms with Crippen molar-refractivity contribution < 1.29 is 9.90 Å². The van der Waals surface area contributed by atoms with E-state index in [0.29, 0.717) is 5.92 Å². The Kier molecular flexibility index (Phi) is 4.43. The molecule has 0 bridgehead atoms. The molecule has 0 aromatic heterocycles. The Balaban J connectivity index is 2.13. The van der Waals surface area contributed by atoms with Crippen molar-refractivity contribution in [2.24, 2.45) is 5.92 Å². The highest BCUT2D eigenvalue weighted by molar-refractivity contribution is 6.30. The maximum atomic E-state index is 10.8. The molecule has 0 amide bonds. The van der Waals surface area contributed by atoms with Gasteiger partial charge in [-0.25, -0.2) is 4.79 Å². The van der Waals surface area contributed by atoms with E-state index in [1.807, 2.05) is 18.2 Å². The van der Waals surface area contributed by atoms with Crippen molar-refractivity contribution in [3.05, 3.63) is 46.5 Å². The summed E-state index contributed by atoms with van der Waals surface area (Å²) in [5.41, 5.74) is 2.26. The molecule has 0 spiro atoms. The Morgan fingerprint density at radius 3 is 3.00 bits per heavy atom. The van der Waals surface area contributed by atoms with E-state index in [4.69, 9.17) is 16.7 Å². The number of carboxylic acid groups (broad SMARTS) is 1. The van der Waals surface area contributed by atoms with Crippen LogP contribution >= 0.6 is 11.6 Å². The summed E-state index contributed by atoms with van der Waals surface area (Å²) in [6.45, 7) is 0. The molecule has 1 saturated carbocycles. The first kappa shape index (κ1) is 13.2. The molecule has 1 aliphatic carbocycles. The van der Waals surface area contributed by atoms with Crippen LogP contribution in [0.15, 0.2) is 35.9 Å². The van der Waals surface area contributed by atoms with Gasteiger partial charge in [-0.3, -0.25) is 0 Å². The van der Waals surface area contributed by atoms with E-state index in [1.54, 1.807) is 0 Å². The highest BCUT2D eigenvalue weighted by Gasteiger charge is 2.20. The molecule has 1 atom stereocenters. The van der Waals surface area contributed by atoms with Gasteiger partial charge in [-0.15, -0.1) is 0 Å². The third kappa shape index (κ3) is 3.61. The molecule has 1 aromatic rings. The zero-order chi connectivity index (χ0) is 13.0. The zero-order valence-corrected chi connectivity index (χ0v) is 11.0. The maximum Gasteiger partial charge on any atom is 0.328 e. The van der Waals surface area contributed by atoms with E-state index in [-0.39, 0.29) is 0 Å². The van der Waals surface area contributed by atoms with Crippen LogP contribution in [0, 0.1) is 5.92 Å². The predicted octanol–water partition coefficient (Wildman–Crippen LogP) is 4.08. The van der Waals surface area contributed by atoms with E-state index < -0.39 is 5.97 Å². The molecule has 2 nitrogen and oxygen atoms in total. The number of benzene rings is 1. The summed E-state index contributed by atoms with van der Waals surface area (Å²) in [7, 11) is 0. The van der Waals surface area contributed by atoms with Gasteiger partial charge < -0.3 is 5.11 Å². The highest BCUT2D eigenvalue weighted by Crippen LogP contribution is 2.32.